The summed E-state index contributed by atoms with van der Waals surface area (Å²) in [7, 11) is 1.71. The summed E-state index contributed by atoms with van der Waals surface area (Å²) in [6.45, 7) is 4.19. The van der Waals surface area contributed by atoms with Gasteiger partial charge in [0.15, 0.2) is 0 Å². The van der Waals surface area contributed by atoms with E-state index in [0.29, 0.717) is 0 Å². The lowest BCUT2D eigenvalue weighted by Crippen LogP contribution is -2.01. The quantitative estimate of drug-likeness (QED) is 0.863. The number of hydrogen-bond donors (Lipinski definition) is 1. The van der Waals surface area contributed by atoms with Crippen LogP contribution in [-0.4, -0.2) is 18.3 Å². The first-order chi connectivity index (χ1) is 8.61. The fraction of sp³-hybridized carbons (Fsp3) is 0.500. The third-order valence-corrected chi connectivity index (χ3v) is 3.57. The van der Waals surface area contributed by atoms with Crippen LogP contribution in [0.15, 0.2) is 18.2 Å². The molecule has 1 unspecified atom stereocenters. The second-order valence-electron chi connectivity index (χ2n) is 5.16. The molecule has 2 heteroatoms. The van der Waals surface area contributed by atoms with Crippen molar-refractivity contribution in [3.05, 3.63) is 34.9 Å². The van der Waals surface area contributed by atoms with Crippen LogP contribution in [0, 0.1) is 13.8 Å². The van der Waals surface area contributed by atoms with Crippen LogP contribution in [0.4, 0.5) is 0 Å². The molecule has 0 aromatic heterocycles. The maximum atomic E-state index is 9.91. The fourth-order valence-electron chi connectivity index (χ4n) is 2.78. The monoisotopic (exact) mass is 246 g/mol. The summed E-state index contributed by atoms with van der Waals surface area (Å²) in [5.74, 6) is 0.924. The molecule has 18 heavy (non-hydrogen) atoms. The number of ether oxygens (including phenoxy) is 1. The first-order valence-electron chi connectivity index (χ1n) is 6.66. The Bertz CT molecular complexity index is 460. The number of aryl methyl sites for hydroxylation is 2. The molecule has 1 N–H and O–H groups in total. The van der Waals surface area contributed by atoms with E-state index in [-0.39, 0.29) is 6.10 Å². The lowest BCUT2D eigenvalue weighted by Gasteiger charge is -2.16. The zero-order chi connectivity index (χ0) is 13.1. The van der Waals surface area contributed by atoms with Gasteiger partial charge in [0.1, 0.15) is 5.75 Å². The van der Waals surface area contributed by atoms with Crippen LogP contribution in [0.1, 0.15) is 42.4 Å². The molecule has 0 fully saturated rings. The molecule has 0 saturated carbocycles. The fourth-order valence-corrected chi connectivity index (χ4v) is 2.78. The molecule has 1 aliphatic rings. The maximum Gasteiger partial charge on any atom is 0.126 e. The molecule has 0 aliphatic heterocycles. The van der Waals surface area contributed by atoms with Gasteiger partial charge in [-0.3, -0.25) is 0 Å². The van der Waals surface area contributed by atoms with Crippen LogP contribution >= 0.6 is 0 Å². The van der Waals surface area contributed by atoms with Crippen molar-refractivity contribution >= 4 is 5.57 Å². The highest BCUT2D eigenvalue weighted by atomic mass is 16.5. The lowest BCUT2D eigenvalue weighted by atomic mass is 9.94. The summed E-state index contributed by atoms with van der Waals surface area (Å²) in [6.07, 6.45) is 5.82. The predicted octanol–water partition coefficient (Wildman–Crippen LogP) is 3.63. The Morgan fingerprint density at radius 2 is 2.00 bits per heavy atom. The van der Waals surface area contributed by atoms with Crippen molar-refractivity contribution in [1.29, 1.82) is 0 Å². The molecule has 0 radical (unpaired) electrons. The van der Waals surface area contributed by atoms with Gasteiger partial charge in [0.25, 0.3) is 0 Å². The van der Waals surface area contributed by atoms with Crippen LogP contribution in [0.25, 0.3) is 5.57 Å². The minimum Gasteiger partial charge on any atom is -0.496 e. The highest BCUT2D eigenvalue weighted by Crippen LogP contribution is 2.35. The van der Waals surface area contributed by atoms with Crippen LogP contribution in [-0.2, 0) is 0 Å². The van der Waals surface area contributed by atoms with Gasteiger partial charge in [0, 0.05) is 5.56 Å². The minimum atomic E-state index is -0.312. The van der Waals surface area contributed by atoms with Gasteiger partial charge in [-0.1, -0.05) is 18.6 Å². The average Bonchev–Trinajstić information content (AvgIpc) is 2.52. The number of aliphatic hydroxyl groups is 1. The summed E-state index contributed by atoms with van der Waals surface area (Å²) in [5, 5.41) is 9.91. The molecule has 2 nitrogen and oxygen atoms in total. The van der Waals surface area contributed by atoms with Gasteiger partial charge < -0.3 is 9.84 Å². The van der Waals surface area contributed by atoms with Crippen molar-refractivity contribution in [2.45, 2.75) is 45.6 Å². The third kappa shape index (κ3) is 2.75. The van der Waals surface area contributed by atoms with Gasteiger partial charge in [-0.05, 0) is 55.9 Å². The third-order valence-electron chi connectivity index (χ3n) is 3.57. The molecule has 1 aromatic rings. The summed E-state index contributed by atoms with van der Waals surface area (Å²) < 4.78 is 5.51. The number of hydrogen-bond acceptors (Lipinski definition) is 2. The number of allylic oxidation sites excluding steroid dienone is 1. The molecule has 0 saturated heterocycles. The smallest absolute Gasteiger partial charge is 0.126 e. The zero-order valence-electron chi connectivity index (χ0n) is 11.5. The SMILES string of the molecule is COc1cc(C)cc(C)c1C1=CC(O)CCCC1. The van der Waals surface area contributed by atoms with E-state index in [4.69, 9.17) is 4.74 Å². The summed E-state index contributed by atoms with van der Waals surface area (Å²) in [6, 6.07) is 4.25. The van der Waals surface area contributed by atoms with Crippen molar-refractivity contribution in [2.75, 3.05) is 7.11 Å². The molecule has 2 rings (SSSR count). The van der Waals surface area contributed by atoms with Crippen molar-refractivity contribution in [3.63, 3.8) is 0 Å². The topological polar surface area (TPSA) is 29.5 Å². The number of aliphatic hydroxyl groups excluding tert-OH is 1. The summed E-state index contributed by atoms with van der Waals surface area (Å²) in [5.41, 5.74) is 4.84. The molecule has 0 bridgehead atoms. The van der Waals surface area contributed by atoms with Crippen molar-refractivity contribution in [3.8, 4) is 5.75 Å². The molecule has 1 atom stereocenters. The Morgan fingerprint density at radius 1 is 1.22 bits per heavy atom. The van der Waals surface area contributed by atoms with Gasteiger partial charge in [-0.15, -0.1) is 0 Å². The van der Waals surface area contributed by atoms with Crippen LogP contribution < -0.4 is 4.74 Å². The van der Waals surface area contributed by atoms with Crippen LogP contribution in [0.2, 0.25) is 0 Å². The van der Waals surface area contributed by atoms with Crippen LogP contribution in [0.3, 0.4) is 0 Å². The van der Waals surface area contributed by atoms with E-state index in [9.17, 15) is 5.11 Å². The first-order valence-corrected chi connectivity index (χ1v) is 6.66. The summed E-state index contributed by atoms with van der Waals surface area (Å²) >= 11 is 0. The van der Waals surface area contributed by atoms with E-state index >= 15 is 0 Å². The average molecular weight is 246 g/mol. The van der Waals surface area contributed by atoms with E-state index in [2.05, 4.69) is 26.0 Å². The summed E-state index contributed by atoms with van der Waals surface area (Å²) in [4.78, 5) is 0. The van der Waals surface area contributed by atoms with Crippen LogP contribution in [0.5, 0.6) is 5.75 Å². The van der Waals surface area contributed by atoms with E-state index in [0.717, 1.165) is 31.4 Å². The standard InChI is InChI=1S/C16H22O2/c1-11-8-12(2)16(15(9-11)18-3)13-6-4-5-7-14(17)10-13/h8-10,14,17H,4-7H2,1-3H3. The lowest BCUT2D eigenvalue weighted by molar-refractivity contribution is 0.211. The van der Waals surface area contributed by atoms with E-state index in [1.54, 1.807) is 7.11 Å². The van der Waals surface area contributed by atoms with Gasteiger partial charge in [0.05, 0.1) is 13.2 Å². The molecule has 0 spiro atoms. The first kappa shape index (κ1) is 13.2. The van der Waals surface area contributed by atoms with Gasteiger partial charge in [-0.2, -0.15) is 0 Å². The Kier molecular flexibility index (Phi) is 4.07. The molecule has 98 valence electrons. The maximum absolute atomic E-state index is 9.91. The second-order valence-corrected chi connectivity index (χ2v) is 5.16. The number of rotatable bonds is 2. The Balaban J connectivity index is 2.49. The largest absolute Gasteiger partial charge is 0.496 e. The van der Waals surface area contributed by atoms with E-state index in [1.165, 1.54) is 22.3 Å². The minimum absolute atomic E-state index is 0.312. The number of benzene rings is 1. The van der Waals surface area contributed by atoms with Crippen molar-refractivity contribution in [1.82, 2.24) is 0 Å². The normalized spacial score (nSPS) is 20.2. The second kappa shape index (κ2) is 5.57. The molecule has 0 heterocycles. The van der Waals surface area contributed by atoms with Gasteiger partial charge in [-0.25, -0.2) is 0 Å². The molecule has 0 amide bonds. The highest BCUT2D eigenvalue weighted by molar-refractivity contribution is 5.74. The van der Waals surface area contributed by atoms with Gasteiger partial charge in [0.2, 0.25) is 0 Å². The molecule has 1 aromatic carbocycles. The molecule has 1 aliphatic carbocycles. The Hall–Kier alpha value is -1.28. The van der Waals surface area contributed by atoms with E-state index < -0.39 is 0 Å². The highest BCUT2D eigenvalue weighted by Gasteiger charge is 2.16. The van der Waals surface area contributed by atoms with Crippen molar-refractivity contribution in [2.24, 2.45) is 0 Å². The van der Waals surface area contributed by atoms with E-state index in [1.807, 2.05) is 6.08 Å². The Labute approximate surface area is 109 Å². The molecular weight excluding hydrogens is 224 g/mol. The predicted molar refractivity (Wildman–Crippen MR) is 74.9 cm³/mol. The number of methoxy groups -OCH3 is 1. The van der Waals surface area contributed by atoms with Gasteiger partial charge >= 0.3 is 0 Å². The zero-order valence-corrected chi connectivity index (χ0v) is 11.5. The van der Waals surface area contributed by atoms with Crippen molar-refractivity contribution < 1.29 is 9.84 Å². The molecular formula is C16H22O2. The Morgan fingerprint density at radius 3 is 2.72 bits per heavy atom.